The summed E-state index contributed by atoms with van der Waals surface area (Å²) in [5, 5.41) is 2.09. The standard InChI is InChI=1S/C26H22O/c1-17-15-18(2)24(19(3)16-17)26(27)25-22-12-8-7-11-21(22)13-14-23(25)20-9-5-4-6-10-20/h4-16H,1-3H3. The Bertz CT molecular complexity index is 1130. The molecule has 0 radical (unpaired) electrons. The third-order valence-electron chi connectivity index (χ3n) is 5.14. The minimum absolute atomic E-state index is 0.0978. The van der Waals surface area contributed by atoms with Crippen molar-refractivity contribution in [2.75, 3.05) is 0 Å². The second-order valence-electron chi connectivity index (χ2n) is 7.18. The van der Waals surface area contributed by atoms with Crippen molar-refractivity contribution in [2.24, 2.45) is 0 Å². The zero-order valence-electron chi connectivity index (χ0n) is 15.9. The molecule has 0 aliphatic heterocycles. The molecule has 0 aromatic heterocycles. The zero-order valence-corrected chi connectivity index (χ0v) is 15.9. The van der Waals surface area contributed by atoms with Crippen LogP contribution in [0.3, 0.4) is 0 Å². The number of aryl methyl sites for hydroxylation is 3. The lowest BCUT2D eigenvalue weighted by molar-refractivity contribution is 0.103. The van der Waals surface area contributed by atoms with Gasteiger partial charge in [-0.25, -0.2) is 0 Å². The average Bonchev–Trinajstić information content (AvgIpc) is 2.67. The number of ketones is 1. The van der Waals surface area contributed by atoms with E-state index in [0.29, 0.717) is 0 Å². The van der Waals surface area contributed by atoms with Crippen molar-refractivity contribution in [1.29, 1.82) is 0 Å². The Morgan fingerprint density at radius 3 is 2.00 bits per heavy atom. The van der Waals surface area contributed by atoms with Gasteiger partial charge in [0.1, 0.15) is 0 Å². The monoisotopic (exact) mass is 350 g/mol. The van der Waals surface area contributed by atoms with Crippen LogP contribution >= 0.6 is 0 Å². The van der Waals surface area contributed by atoms with Crippen LogP contribution in [0.4, 0.5) is 0 Å². The Kier molecular flexibility index (Phi) is 4.37. The Morgan fingerprint density at radius 1 is 0.667 bits per heavy atom. The highest BCUT2D eigenvalue weighted by Gasteiger charge is 2.21. The fraction of sp³-hybridized carbons (Fsp3) is 0.115. The Labute approximate surface area is 160 Å². The van der Waals surface area contributed by atoms with E-state index >= 15 is 0 Å². The number of hydrogen-bond donors (Lipinski definition) is 0. The van der Waals surface area contributed by atoms with E-state index in [1.807, 2.05) is 50.2 Å². The SMILES string of the molecule is Cc1cc(C)c(C(=O)c2c(-c3ccccc3)ccc3ccccc23)c(C)c1. The summed E-state index contributed by atoms with van der Waals surface area (Å²) < 4.78 is 0. The average molecular weight is 350 g/mol. The van der Waals surface area contributed by atoms with Crippen LogP contribution in [0.25, 0.3) is 21.9 Å². The van der Waals surface area contributed by atoms with Crippen molar-refractivity contribution in [3.05, 3.63) is 107 Å². The van der Waals surface area contributed by atoms with E-state index in [9.17, 15) is 4.79 Å². The normalized spacial score (nSPS) is 10.9. The summed E-state index contributed by atoms with van der Waals surface area (Å²) in [6, 6.07) is 26.6. The van der Waals surface area contributed by atoms with Crippen LogP contribution in [-0.2, 0) is 0 Å². The Morgan fingerprint density at radius 2 is 1.30 bits per heavy atom. The van der Waals surface area contributed by atoms with Gasteiger partial charge in [-0.2, -0.15) is 0 Å². The van der Waals surface area contributed by atoms with Crippen LogP contribution in [0, 0.1) is 20.8 Å². The summed E-state index contributed by atoms with van der Waals surface area (Å²) in [6.07, 6.45) is 0. The predicted molar refractivity (Wildman–Crippen MR) is 113 cm³/mol. The van der Waals surface area contributed by atoms with Crippen LogP contribution in [0.1, 0.15) is 32.6 Å². The largest absolute Gasteiger partial charge is 0.289 e. The molecule has 132 valence electrons. The molecule has 1 heteroatoms. The van der Waals surface area contributed by atoms with E-state index in [2.05, 4.69) is 49.4 Å². The van der Waals surface area contributed by atoms with Crippen molar-refractivity contribution in [3.8, 4) is 11.1 Å². The number of benzene rings is 4. The minimum atomic E-state index is 0.0978. The van der Waals surface area contributed by atoms with Crippen molar-refractivity contribution >= 4 is 16.6 Å². The van der Waals surface area contributed by atoms with E-state index < -0.39 is 0 Å². The predicted octanol–water partition coefficient (Wildman–Crippen LogP) is 6.66. The van der Waals surface area contributed by atoms with Crippen molar-refractivity contribution < 1.29 is 4.79 Å². The molecule has 0 saturated carbocycles. The number of rotatable bonds is 3. The fourth-order valence-electron chi connectivity index (χ4n) is 4.04. The molecule has 1 nitrogen and oxygen atoms in total. The summed E-state index contributed by atoms with van der Waals surface area (Å²) in [5.41, 5.74) is 6.90. The summed E-state index contributed by atoms with van der Waals surface area (Å²) >= 11 is 0. The first kappa shape index (κ1) is 17.2. The molecule has 27 heavy (non-hydrogen) atoms. The van der Waals surface area contributed by atoms with E-state index in [1.54, 1.807) is 0 Å². The van der Waals surface area contributed by atoms with E-state index in [-0.39, 0.29) is 5.78 Å². The van der Waals surface area contributed by atoms with Crippen LogP contribution in [0.5, 0.6) is 0 Å². The van der Waals surface area contributed by atoms with Gasteiger partial charge in [-0.05, 0) is 53.8 Å². The summed E-state index contributed by atoms with van der Waals surface area (Å²) in [6.45, 7) is 6.13. The van der Waals surface area contributed by atoms with Gasteiger partial charge in [0.25, 0.3) is 0 Å². The first-order chi connectivity index (χ1) is 13.1. The number of fused-ring (bicyclic) bond motifs is 1. The summed E-state index contributed by atoms with van der Waals surface area (Å²) in [4.78, 5) is 13.8. The van der Waals surface area contributed by atoms with Crippen molar-refractivity contribution in [1.82, 2.24) is 0 Å². The van der Waals surface area contributed by atoms with E-state index in [0.717, 1.165) is 44.2 Å². The van der Waals surface area contributed by atoms with Gasteiger partial charge < -0.3 is 0 Å². The maximum absolute atomic E-state index is 13.8. The zero-order chi connectivity index (χ0) is 19.0. The second kappa shape index (κ2) is 6.85. The molecule has 0 spiro atoms. The molecule has 4 rings (SSSR count). The maximum Gasteiger partial charge on any atom is 0.194 e. The molecule has 0 aliphatic rings. The molecule has 0 N–H and O–H groups in total. The van der Waals surface area contributed by atoms with E-state index in [4.69, 9.17) is 0 Å². The molecule has 0 amide bonds. The molecule has 0 atom stereocenters. The molecule has 0 saturated heterocycles. The van der Waals surface area contributed by atoms with Gasteiger partial charge in [0, 0.05) is 11.1 Å². The van der Waals surface area contributed by atoms with Gasteiger partial charge in [0.2, 0.25) is 0 Å². The lowest BCUT2D eigenvalue weighted by atomic mass is 9.86. The maximum atomic E-state index is 13.8. The van der Waals surface area contributed by atoms with Crippen LogP contribution in [0.15, 0.2) is 78.9 Å². The first-order valence-corrected chi connectivity index (χ1v) is 9.26. The fourth-order valence-corrected chi connectivity index (χ4v) is 4.04. The summed E-state index contributed by atoms with van der Waals surface area (Å²) in [7, 11) is 0. The van der Waals surface area contributed by atoms with Gasteiger partial charge in [0.05, 0.1) is 0 Å². The van der Waals surface area contributed by atoms with Gasteiger partial charge in [-0.1, -0.05) is 84.4 Å². The van der Waals surface area contributed by atoms with E-state index in [1.165, 1.54) is 5.56 Å². The number of carbonyl (C=O) groups is 1. The van der Waals surface area contributed by atoms with Crippen LogP contribution in [0.2, 0.25) is 0 Å². The lowest BCUT2D eigenvalue weighted by Gasteiger charge is -2.16. The van der Waals surface area contributed by atoms with Gasteiger partial charge in [-0.3, -0.25) is 4.79 Å². The molecule has 0 aliphatic carbocycles. The molecule has 4 aromatic carbocycles. The van der Waals surface area contributed by atoms with Crippen LogP contribution < -0.4 is 0 Å². The molecular weight excluding hydrogens is 328 g/mol. The minimum Gasteiger partial charge on any atom is -0.289 e. The summed E-state index contributed by atoms with van der Waals surface area (Å²) in [5.74, 6) is 0.0978. The molecule has 0 fully saturated rings. The molecule has 0 unspecified atom stereocenters. The molecule has 0 heterocycles. The van der Waals surface area contributed by atoms with Crippen LogP contribution in [-0.4, -0.2) is 5.78 Å². The van der Waals surface area contributed by atoms with Crippen molar-refractivity contribution in [3.63, 3.8) is 0 Å². The van der Waals surface area contributed by atoms with Gasteiger partial charge in [0.15, 0.2) is 5.78 Å². The Hall–Kier alpha value is -3.19. The number of carbonyl (C=O) groups excluding carboxylic acids is 1. The quantitative estimate of drug-likeness (QED) is 0.377. The first-order valence-electron chi connectivity index (χ1n) is 9.26. The van der Waals surface area contributed by atoms with Crippen molar-refractivity contribution in [2.45, 2.75) is 20.8 Å². The third kappa shape index (κ3) is 3.06. The molecular formula is C26H22O. The second-order valence-corrected chi connectivity index (χ2v) is 7.18. The molecule has 0 bridgehead atoms. The lowest BCUT2D eigenvalue weighted by Crippen LogP contribution is -2.09. The highest BCUT2D eigenvalue weighted by molar-refractivity contribution is 6.21. The Balaban J connectivity index is 2.04. The smallest absolute Gasteiger partial charge is 0.194 e. The molecule has 4 aromatic rings. The number of hydrogen-bond acceptors (Lipinski definition) is 1. The topological polar surface area (TPSA) is 17.1 Å². The van der Waals surface area contributed by atoms with Gasteiger partial charge >= 0.3 is 0 Å². The highest BCUT2D eigenvalue weighted by Crippen LogP contribution is 2.33. The third-order valence-corrected chi connectivity index (χ3v) is 5.14. The highest BCUT2D eigenvalue weighted by atomic mass is 16.1. The van der Waals surface area contributed by atoms with Gasteiger partial charge in [-0.15, -0.1) is 0 Å².